The summed E-state index contributed by atoms with van der Waals surface area (Å²) in [4.78, 5) is 14.3. The Hall–Kier alpha value is -1.46. The molecule has 0 atom stereocenters. The van der Waals surface area contributed by atoms with Gasteiger partial charge in [0.1, 0.15) is 5.82 Å². The minimum Gasteiger partial charge on any atom is -0.351 e. The largest absolute Gasteiger partial charge is 0.351 e. The van der Waals surface area contributed by atoms with Crippen molar-refractivity contribution in [2.24, 2.45) is 0 Å². The molecule has 1 heterocycles. The van der Waals surface area contributed by atoms with Gasteiger partial charge in [-0.1, -0.05) is 0 Å². The van der Waals surface area contributed by atoms with Gasteiger partial charge in [0.25, 0.3) is 5.91 Å². The van der Waals surface area contributed by atoms with Crippen LogP contribution in [0.3, 0.4) is 0 Å². The van der Waals surface area contributed by atoms with E-state index in [1.165, 1.54) is 18.2 Å². The normalized spacial score (nSPS) is 16.3. The maximum absolute atomic E-state index is 13.0. The molecule has 1 fully saturated rings. The van der Waals surface area contributed by atoms with Gasteiger partial charge in [-0.05, 0) is 30.7 Å². The lowest BCUT2D eigenvalue weighted by Crippen LogP contribution is -2.46. The van der Waals surface area contributed by atoms with Gasteiger partial charge in [0.2, 0.25) is 0 Å². The molecule has 1 aliphatic rings. The van der Waals surface area contributed by atoms with Gasteiger partial charge in [0.15, 0.2) is 0 Å². The van der Waals surface area contributed by atoms with E-state index in [1.807, 2.05) is 0 Å². The van der Waals surface area contributed by atoms with E-state index < -0.39 is 0 Å². The highest BCUT2D eigenvalue weighted by molar-refractivity contribution is 5.95. The van der Waals surface area contributed by atoms with Crippen LogP contribution in [0.2, 0.25) is 0 Å². The molecule has 1 aromatic rings. The quantitative estimate of drug-likeness (QED) is 0.845. The summed E-state index contributed by atoms with van der Waals surface area (Å²) in [6.07, 6.45) is 0. The average Bonchev–Trinajstić information content (AvgIpc) is 2.39. The fourth-order valence-corrected chi connectivity index (χ4v) is 2.24. The predicted molar refractivity (Wildman–Crippen MR) is 72.8 cm³/mol. The Kier molecular flexibility index (Phi) is 4.87. The molecule has 1 saturated heterocycles. The zero-order chi connectivity index (χ0) is 13.7. The maximum Gasteiger partial charge on any atom is 0.251 e. The second kappa shape index (κ2) is 6.63. The van der Waals surface area contributed by atoms with E-state index in [1.54, 1.807) is 6.92 Å². The fraction of sp³-hybridized carbons (Fsp3) is 0.500. The summed E-state index contributed by atoms with van der Waals surface area (Å²) >= 11 is 0. The molecule has 0 spiro atoms. The Morgan fingerprint density at radius 1 is 1.42 bits per heavy atom. The molecule has 0 aliphatic carbocycles. The minimum absolute atomic E-state index is 0.132. The van der Waals surface area contributed by atoms with E-state index in [4.69, 9.17) is 0 Å². The molecule has 104 valence electrons. The SMILES string of the molecule is Cc1cc(F)ccc1C(=O)NCCN1CCNCC1. The molecule has 2 rings (SSSR count). The highest BCUT2D eigenvalue weighted by atomic mass is 19.1. The van der Waals surface area contributed by atoms with Gasteiger partial charge in [-0.2, -0.15) is 0 Å². The number of hydrogen-bond acceptors (Lipinski definition) is 3. The molecule has 5 heteroatoms. The second-order valence-corrected chi connectivity index (χ2v) is 4.81. The van der Waals surface area contributed by atoms with Crippen LogP contribution >= 0.6 is 0 Å². The van der Waals surface area contributed by atoms with E-state index in [-0.39, 0.29) is 11.7 Å². The first kappa shape index (κ1) is 14.0. The number of rotatable bonds is 4. The van der Waals surface area contributed by atoms with Crippen LogP contribution in [0, 0.1) is 12.7 Å². The number of hydrogen-bond donors (Lipinski definition) is 2. The third-order valence-electron chi connectivity index (χ3n) is 3.36. The molecule has 0 radical (unpaired) electrons. The number of nitrogens with zero attached hydrogens (tertiary/aromatic N) is 1. The number of amides is 1. The molecule has 0 bridgehead atoms. The first-order chi connectivity index (χ1) is 9.16. The zero-order valence-corrected chi connectivity index (χ0v) is 11.2. The van der Waals surface area contributed by atoms with Gasteiger partial charge in [0.05, 0.1) is 0 Å². The van der Waals surface area contributed by atoms with E-state index in [9.17, 15) is 9.18 Å². The van der Waals surface area contributed by atoms with Crippen molar-refractivity contribution in [2.75, 3.05) is 39.3 Å². The summed E-state index contributed by atoms with van der Waals surface area (Å²) in [5.41, 5.74) is 1.21. The van der Waals surface area contributed by atoms with Crippen LogP contribution in [0.4, 0.5) is 4.39 Å². The van der Waals surface area contributed by atoms with E-state index in [2.05, 4.69) is 15.5 Å². The number of aryl methyl sites for hydroxylation is 1. The van der Waals surface area contributed by atoms with Crippen molar-refractivity contribution >= 4 is 5.91 Å². The van der Waals surface area contributed by atoms with Crippen molar-refractivity contribution in [3.05, 3.63) is 35.1 Å². The van der Waals surface area contributed by atoms with Crippen molar-refractivity contribution < 1.29 is 9.18 Å². The highest BCUT2D eigenvalue weighted by Crippen LogP contribution is 2.09. The molecule has 1 amide bonds. The van der Waals surface area contributed by atoms with Crippen LogP contribution in [-0.2, 0) is 0 Å². The summed E-state index contributed by atoms with van der Waals surface area (Å²) in [5.74, 6) is -0.442. The molecule has 2 N–H and O–H groups in total. The predicted octanol–water partition coefficient (Wildman–Crippen LogP) is 0.769. The van der Waals surface area contributed by atoms with Crippen molar-refractivity contribution in [1.29, 1.82) is 0 Å². The van der Waals surface area contributed by atoms with Crippen LogP contribution in [-0.4, -0.2) is 50.1 Å². The number of piperazine rings is 1. The third-order valence-corrected chi connectivity index (χ3v) is 3.36. The lowest BCUT2D eigenvalue weighted by molar-refractivity contribution is 0.0946. The Bertz CT molecular complexity index is 444. The standard InChI is InChI=1S/C14H20FN3O/c1-11-10-12(15)2-3-13(11)14(19)17-6-9-18-7-4-16-5-8-18/h2-3,10,16H,4-9H2,1H3,(H,17,19). The highest BCUT2D eigenvalue weighted by Gasteiger charge is 2.11. The van der Waals surface area contributed by atoms with Crippen molar-refractivity contribution in [3.8, 4) is 0 Å². The molecule has 0 aromatic heterocycles. The van der Waals surface area contributed by atoms with Crippen LogP contribution in [0.15, 0.2) is 18.2 Å². The Labute approximate surface area is 113 Å². The lowest BCUT2D eigenvalue weighted by atomic mass is 10.1. The van der Waals surface area contributed by atoms with Crippen LogP contribution < -0.4 is 10.6 Å². The lowest BCUT2D eigenvalue weighted by Gasteiger charge is -2.27. The van der Waals surface area contributed by atoms with Gasteiger partial charge < -0.3 is 10.6 Å². The van der Waals surface area contributed by atoms with E-state index >= 15 is 0 Å². The van der Waals surface area contributed by atoms with Gasteiger partial charge in [-0.25, -0.2) is 4.39 Å². The average molecular weight is 265 g/mol. The van der Waals surface area contributed by atoms with Gasteiger partial charge in [-0.3, -0.25) is 9.69 Å². The second-order valence-electron chi connectivity index (χ2n) is 4.81. The Morgan fingerprint density at radius 2 is 2.16 bits per heavy atom. The third kappa shape index (κ3) is 4.01. The number of carbonyl (C=O) groups is 1. The molecular formula is C14H20FN3O. The van der Waals surface area contributed by atoms with E-state index in [0.29, 0.717) is 17.7 Å². The number of carbonyl (C=O) groups excluding carboxylic acids is 1. The topological polar surface area (TPSA) is 44.4 Å². The summed E-state index contributed by atoms with van der Waals surface area (Å²) in [5, 5.41) is 6.17. The van der Waals surface area contributed by atoms with Crippen molar-refractivity contribution in [3.63, 3.8) is 0 Å². The Morgan fingerprint density at radius 3 is 2.84 bits per heavy atom. The number of nitrogens with one attached hydrogen (secondary N) is 2. The summed E-state index contributed by atoms with van der Waals surface area (Å²) in [7, 11) is 0. The maximum atomic E-state index is 13.0. The van der Waals surface area contributed by atoms with Crippen molar-refractivity contribution in [2.45, 2.75) is 6.92 Å². The molecule has 1 aliphatic heterocycles. The van der Waals surface area contributed by atoms with Crippen molar-refractivity contribution in [1.82, 2.24) is 15.5 Å². The zero-order valence-electron chi connectivity index (χ0n) is 11.2. The van der Waals surface area contributed by atoms with Gasteiger partial charge in [-0.15, -0.1) is 0 Å². The van der Waals surface area contributed by atoms with Gasteiger partial charge >= 0.3 is 0 Å². The fourth-order valence-electron chi connectivity index (χ4n) is 2.24. The molecular weight excluding hydrogens is 245 g/mol. The van der Waals surface area contributed by atoms with Crippen LogP contribution in [0.1, 0.15) is 15.9 Å². The van der Waals surface area contributed by atoms with Gasteiger partial charge in [0, 0.05) is 44.8 Å². The molecule has 0 unspecified atom stereocenters. The smallest absolute Gasteiger partial charge is 0.251 e. The molecule has 19 heavy (non-hydrogen) atoms. The number of benzene rings is 1. The summed E-state index contributed by atoms with van der Waals surface area (Å²) in [6, 6.07) is 4.23. The minimum atomic E-state index is -0.310. The number of halogens is 1. The molecule has 4 nitrogen and oxygen atoms in total. The first-order valence-electron chi connectivity index (χ1n) is 6.64. The molecule has 1 aromatic carbocycles. The van der Waals surface area contributed by atoms with Crippen LogP contribution in [0.25, 0.3) is 0 Å². The summed E-state index contributed by atoms with van der Waals surface area (Å²) in [6.45, 7) is 7.27. The van der Waals surface area contributed by atoms with E-state index in [0.717, 1.165) is 32.7 Å². The Balaban J connectivity index is 1.80. The summed E-state index contributed by atoms with van der Waals surface area (Å²) < 4.78 is 13.0. The van der Waals surface area contributed by atoms with Crippen LogP contribution in [0.5, 0.6) is 0 Å². The monoisotopic (exact) mass is 265 g/mol. The molecule has 0 saturated carbocycles. The first-order valence-corrected chi connectivity index (χ1v) is 6.64.